The minimum absolute atomic E-state index is 0.000625. The zero-order valence-corrected chi connectivity index (χ0v) is 11.7. The summed E-state index contributed by atoms with van der Waals surface area (Å²) in [5, 5.41) is 11.4. The largest absolute Gasteiger partial charge is 0.480 e. The summed E-state index contributed by atoms with van der Waals surface area (Å²) in [5.41, 5.74) is 0.0476. The second kappa shape index (κ2) is 4.34. The number of amides is 1. The summed E-state index contributed by atoms with van der Waals surface area (Å²) in [6.07, 6.45) is 2.66. The molecule has 0 aromatic carbocycles. The van der Waals surface area contributed by atoms with Crippen LogP contribution in [0.4, 0.5) is 0 Å². The number of fused-ring (bicyclic) bond motifs is 1. The van der Waals surface area contributed by atoms with E-state index in [4.69, 9.17) is 0 Å². The van der Waals surface area contributed by atoms with Crippen LogP contribution in [0.25, 0.3) is 0 Å². The number of hydrogen-bond acceptors (Lipinski definition) is 3. The van der Waals surface area contributed by atoms with Crippen molar-refractivity contribution < 1.29 is 14.7 Å². The minimum Gasteiger partial charge on any atom is -0.480 e. The van der Waals surface area contributed by atoms with Crippen LogP contribution in [0.3, 0.4) is 0 Å². The predicted molar refractivity (Wildman–Crippen MR) is 72.1 cm³/mol. The number of nitrogens with zero attached hydrogens (tertiary/aromatic N) is 1. The Labute approximate surface area is 116 Å². The first-order valence-electron chi connectivity index (χ1n) is 6.67. The smallest absolute Gasteiger partial charge is 0.319 e. The highest BCUT2D eigenvalue weighted by Gasteiger charge is 2.53. The van der Waals surface area contributed by atoms with Gasteiger partial charge in [0.1, 0.15) is 5.41 Å². The van der Waals surface area contributed by atoms with Crippen molar-refractivity contribution in [1.29, 1.82) is 0 Å². The van der Waals surface area contributed by atoms with E-state index in [0.29, 0.717) is 19.4 Å². The number of thiophene rings is 1. The van der Waals surface area contributed by atoms with E-state index in [0.717, 1.165) is 12.8 Å². The molecule has 0 radical (unpaired) electrons. The molecule has 0 bridgehead atoms. The van der Waals surface area contributed by atoms with E-state index in [1.807, 2.05) is 12.3 Å². The number of hydrogen-bond donors (Lipinski definition) is 1. The first-order valence-corrected chi connectivity index (χ1v) is 7.55. The molecular weight excluding hydrogens is 262 g/mol. The minimum atomic E-state index is -1.14. The molecule has 1 saturated carbocycles. The molecule has 4 nitrogen and oxygen atoms in total. The Kier molecular flexibility index (Phi) is 2.89. The lowest BCUT2D eigenvalue weighted by Crippen LogP contribution is -2.54. The highest BCUT2D eigenvalue weighted by atomic mass is 32.1. The van der Waals surface area contributed by atoms with E-state index in [9.17, 15) is 14.7 Å². The van der Waals surface area contributed by atoms with Gasteiger partial charge >= 0.3 is 5.97 Å². The molecule has 1 aromatic heterocycles. The van der Waals surface area contributed by atoms with Gasteiger partial charge in [-0.25, -0.2) is 0 Å². The van der Waals surface area contributed by atoms with Crippen LogP contribution in [0.5, 0.6) is 0 Å². The lowest BCUT2D eigenvalue weighted by atomic mass is 9.67. The molecule has 1 amide bonds. The van der Waals surface area contributed by atoms with E-state index in [2.05, 4.69) is 6.07 Å². The van der Waals surface area contributed by atoms with Crippen molar-refractivity contribution in [3.63, 3.8) is 0 Å². The first-order chi connectivity index (χ1) is 9.06. The maximum atomic E-state index is 12.6. The van der Waals surface area contributed by atoms with E-state index < -0.39 is 11.4 Å². The molecule has 1 fully saturated rings. The van der Waals surface area contributed by atoms with Gasteiger partial charge in [-0.05, 0) is 43.2 Å². The zero-order valence-electron chi connectivity index (χ0n) is 10.9. The third-order valence-corrected chi connectivity index (χ3v) is 5.56. The molecule has 1 aromatic rings. The predicted octanol–water partition coefficient (Wildman–Crippen LogP) is 2.45. The Hall–Kier alpha value is -1.36. The van der Waals surface area contributed by atoms with E-state index in [1.54, 1.807) is 16.2 Å². The third kappa shape index (κ3) is 1.71. The summed E-state index contributed by atoms with van der Waals surface area (Å²) in [6.45, 7) is 2.64. The SMILES string of the molecule is CC1c2ccsc2CCN1C(=O)C1(C(=O)O)CCC1. The topological polar surface area (TPSA) is 57.6 Å². The Morgan fingerprint density at radius 1 is 1.47 bits per heavy atom. The maximum absolute atomic E-state index is 12.6. The molecule has 1 unspecified atom stereocenters. The van der Waals surface area contributed by atoms with Crippen molar-refractivity contribution in [3.8, 4) is 0 Å². The summed E-state index contributed by atoms with van der Waals surface area (Å²) >= 11 is 1.72. The number of carboxylic acid groups (broad SMARTS) is 1. The molecule has 102 valence electrons. The fraction of sp³-hybridized carbons (Fsp3) is 0.571. The molecule has 1 atom stereocenters. The van der Waals surface area contributed by atoms with Gasteiger partial charge in [0, 0.05) is 11.4 Å². The molecule has 0 saturated heterocycles. The summed E-state index contributed by atoms with van der Waals surface area (Å²) in [6, 6.07) is 2.05. The van der Waals surface area contributed by atoms with Gasteiger partial charge in [0.15, 0.2) is 0 Å². The summed E-state index contributed by atoms with van der Waals surface area (Å²) < 4.78 is 0. The number of carbonyl (C=O) groups excluding carboxylic acids is 1. The van der Waals surface area contributed by atoms with Gasteiger partial charge in [0.2, 0.25) is 5.91 Å². The van der Waals surface area contributed by atoms with Crippen LogP contribution < -0.4 is 0 Å². The zero-order chi connectivity index (χ0) is 13.6. The number of carbonyl (C=O) groups is 2. The van der Waals surface area contributed by atoms with Gasteiger partial charge in [-0.1, -0.05) is 6.42 Å². The van der Waals surface area contributed by atoms with Crippen molar-refractivity contribution in [1.82, 2.24) is 4.90 Å². The Balaban J connectivity index is 1.88. The molecule has 1 N–H and O–H groups in total. The summed E-state index contributed by atoms with van der Waals surface area (Å²) in [7, 11) is 0. The highest BCUT2D eigenvalue weighted by molar-refractivity contribution is 7.10. The average molecular weight is 279 g/mol. The fourth-order valence-corrected chi connectivity index (χ4v) is 4.07. The number of rotatable bonds is 2. The van der Waals surface area contributed by atoms with Gasteiger partial charge in [-0.2, -0.15) is 0 Å². The highest BCUT2D eigenvalue weighted by Crippen LogP contribution is 2.45. The van der Waals surface area contributed by atoms with Crippen LogP contribution in [0.2, 0.25) is 0 Å². The quantitative estimate of drug-likeness (QED) is 0.846. The van der Waals surface area contributed by atoms with Gasteiger partial charge in [0.05, 0.1) is 6.04 Å². The van der Waals surface area contributed by atoms with Crippen LogP contribution in [-0.4, -0.2) is 28.4 Å². The Morgan fingerprint density at radius 3 is 2.79 bits per heavy atom. The van der Waals surface area contributed by atoms with E-state index in [1.165, 1.54) is 10.4 Å². The van der Waals surface area contributed by atoms with E-state index in [-0.39, 0.29) is 11.9 Å². The third-order valence-electron chi connectivity index (χ3n) is 4.56. The van der Waals surface area contributed by atoms with Gasteiger partial charge in [-0.3, -0.25) is 9.59 Å². The van der Waals surface area contributed by atoms with Crippen LogP contribution in [-0.2, 0) is 16.0 Å². The van der Waals surface area contributed by atoms with Crippen molar-refractivity contribution in [2.45, 2.75) is 38.6 Å². The van der Waals surface area contributed by atoms with Gasteiger partial charge < -0.3 is 10.0 Å². The second-order valence-corrected chi connectivity index (χ2v) is 6.47. The lowest BCUT2D eigenvalue weighted by Gasteiger charge is -2.43. The summed E-state index contributed by atoms with van der Waals surface area (Å²) in [4.78, 5) is 27.2. The Bertz CT molecular complexity index is 533. The summed E-state index contributed by atoms with van der Waals surface area (Å²) in [5.74, 6) is -1.14. The molecule has 0 spiro atoms. The average Bonchev–Trinajstić information content (AvgIpc) is 2.76. The molecule has 5 heteroatoms. The van der Waals surface area contributed by atoms with Crippen molar-refractivity contribution in [2.75, 3.05) is 6.54 Å². The molecule has 19 heavy (non-hydrogen) atoms. The van der Waals surface area contributed by atoms with E-state index >= 15 is 0 Å². The first kappa shape index (κ1) is 12.7. The normalized spacial score (nSPS) is 24.5. The van der Waals surface area contributed by atoms with Crippen LogP contribution in [0.15, 0.2) is 11.4 Å². The fourth-order valence-electron chi connectivity index (χ4n) is 3.11. The second-order valence-electron chi connectivity index (χ2n) is 5.46. The monoisotopic (exact) mass is 279 g/mol. The molecule has 3 rings (SSSR count). The molecule has 2 heterocycles. The Morgan fingerprint density at radius 2 is 2.21 bits per heavy atom. The molecule has 1 aliphatic carbocycles. The van der Waals surface area contributed by atoms with Gasteiger partial charge in [-0.15, -0.1) is 11.3 Å². The number of aliphatic carboxylic acids is 1. The molecule has 1 aliphatic heterocycles. The standard InChI is InChI=1S/C14H17NO3S/c1-9-10-4-8-19-11(10)3-7-15(9)12(16)14(13(17)18)5-2-6-14/h4,8-9H,2-3,5-7H2,1H3,(H,17,18). The van der Waals surface area contributed by atoms with Crippen molar-refractivity contribution >= 4 is 23.2 Å². The maximum Gasteiger partial charge on any atom is 0.319 e. The lowest BCUT2D eigenvalue weighted by molar-refractivity contribution is -0.168. The van der Waals surface area contributed by atoms with Gasteiger partial charge in [0.25, 0.3) is 0 Å². The van der Waals surface area contributed by atoms with Crippen LogP contribution in [0, 0.1) is 5.41 Å². The van der Waals surface area contributed by atoms with Crippen LogP contribution in [0.1, 0.15) is 42.7 Å². The molecular formula is C14H17NO3S. The number of carboxylic acids is 1. The molecule has 2 aliphatic rings. The van der Waals surface area contributed by atoms with Crippen LogP contribution >= 0.6 is 11.3 Å². The van der Waals surface area contributed by atoms with Crippen molar-refractivity contribution in [2.24, 2.45) is 5.41 Å². The van der Waals surface area contributed by atoms with Crippen molar-refractivity contribution in [3.05, 3.63) is 21.9 Å².